The fourth-order valence-electron chi connectivity index (χ4n) is 4.62. The van der Waals surface area contributed by atoms with Crippen LogP contribution in [0, 0.1) is 11.3 Å². The first-order valence-corrected chi connectivity index (χ1v) is 11.1. The van der Waals surface area contributed by atoms with Crippen LogP contribution in [0.5, 0.6) is 0 Å². The van der Waals surface area contributed by atoms with Crippen molar-refractivity contribution in [1.29, 1.82) is 5.26 Å². The topological polar surface area (TPSA) is 130 Å². The first kappa shape index (κ1) is 21.4. The number of amides is 2. The largest absolute Gasteiger partial charge is 0.383 e. The van der Waals surface area contributed by atoms with E-state index in [9.17, 15) is 9.59 Å². The molecule has 0 spiro atoms. The second kappa shape index (κ2) is 8.83. The number of hydrogen-bond acceptors (Lipinski definition) is 6. The number of anilines is 1. The third-order valence-electron chi connectivity index (χ3n) is 6.30. The summed E-state index contributed by atoms with van der Waals surface area (Å²) in [5.41, 5.74) is 9.03. The third-order valence-corrected chi connectivity index (χ3v) is 6.30. The minimum absolute atomic E-state index is 0.0554. The number of rotatable bonds is 5. The number of carbonyl (C=O) groups excluding carboxylic acids is 2. The van der Waals surface area contributed by atoms with Crippen molar-refractivity contribution in [2.75, 3.05) is 12.3 Å². The summed E-state index contributed by atoms with van der Waals surface area (Å²) in [6.45, 7) is 0.925. The number of benzene rings is 2. The Labute approximate surface area is 195 Å². The summed E-state index contributed by atoms with van der Waals surface area (Å²) >= 11 is 0. The number of nitrogens with two attached hydrogens (primary N) is 1. The number of hydrogen-bond donors (Lipinski definition) is 2. The fourth-order valence-corrected chi connectivity index (χ4v) is 4.62. The van der Waals surface area contributed by atoms with Crippen LogP contribution in [0.15, 0.2) is 54.9 Å². The summed E-state index contributed by atoms with van der Waals surface area (Å²) in [6, 6.07) is 16.3. The molecular formula is C25H23N7O2. The molecule has 1 saturated heterocycles. The first-order chi connectivity index (χ1) is 16.6. The van der Waals surface area contributed by atoms with Crippen LogP contribution in [0.4, 0.5) is 5.82 Å². The normalized spacial score (nSPS) is 15.5. The molecule has 4 aromatic rings. The number of nitrogen functional groups attached to an aromatic ring is 1. The smallest absolute Gasteiger partial charge is 0.243 e. The Balaban J connectivity index is 1.34. The Morgan fingerprint density at radius 1 is 1.15 bits per heavy atom. The lowest BCUT2D eigenvalue weighted by molar-refractivity contribution is -0.138. The van der Waals surface area contributed by atoms with E-state index in [-0.39, 0.29) is 18.4 Å². The van der Waals surface area contributed by atoms with Gasteiger partial charge in [0, 0.05) is 18.5 Å². The molecule has 170 valence electrons. The van der Waals surface area contributed by atoms with Crippen LogP contribution in [0.2, 0.25) is 0 Å². The van der Waals surface area contributed by atoms with E-state index >= 15 is 0 Å². The van der Waals surface area contributed by atoms with Gasteiger partial charge in [0.25, 0.3) is 0 Å². The van der Waals surface area contributed by atoms with Crippen molar-refractivity contribution in [2.24, 2.45) is 0 Å². The van der Waals surface area contributed by atoms with Gasteiger partial charge < -0.3 is 20.5 Å². The van der Waals surface area contributed by atoms with Gasteiger partial charge >= 0.3 is 0 Å². The average Bonchev–Trinajstić information content (AvgIpc) is 3.47. The molecule has 9 heteroatoms. The van der Waals surface area contributed by atoms with E-state index in [0.717, 1.165) is 28.3 Å². The maximum atomic E-state index is 13.4. The molecule has 34 heavy (non-hydrogen) atoms. The number of nitrogens with one attached hydrogen (secondary N) is 1. The highest BCUT2D eigenvalue weighted by Crippen LogP contribution is 2.31. The van der Waals surface area contributed by atoms with Gasteiger partial charge in [-0.3, -0.25) is 9.59 Å². The van der Waals surface area contributed by atoms with E-state index in [2.05, 4.69) is 21.4 Å². The van der Waals surface area contributed by atoms with E-state index < -0.39 is 6.04 Å². The van der Waals surface area contributed by atoms with Gasteiger partial charge in [-0.15, -0.1) is 0 Å². The predicted molar refractivity (Wildman–Crippen MR) is 127 cm³/mol. The number of aromatic nitrogens is 3. The number of para-hydroxylation sites is 1. The van der Waals surface area contributed by atoms with Crippen LogP contribution in [0.3, 0.4) is 0 Å². The van der Waals surface area contributed by atoms with Gasteiger partial charge in [0.05, 0.1) is 22.5 Å². The van der Waals surface area contributed by atoms with Gasteiger partial charge in [-0.1, -0.05) is 30.3 Å². The van der Waals surface area contributed by atoms with Crippen LogP contribution < -0.4 is 11.1 Å². The Kier molecular flexibility index (Phi) is 5.55. The van der Waals surface area contributed by atoms with Crippen LogP contribution in [0.25, 0.3) is 21.9 Å². The molecule has 5 rings (SSSR count). The maximum Gasteiger partial charge on any atom is 0.243 e. The maximum absolute atomic E-state index is 13.4. The van der Waals surface area contributed by atoms with Crippen LogP contribution in [0.1, 0.15) is 24.0 Å². The molecule has 3 heterocycles. The molecule has 0 unspecified atom stereocenters. The molecule has 0 radical (unpaired) electrons. The van der Waals surface area contributed by atoms with Gasteiger partial charge in [0.2, 0.25) is 11.8 Å². The van der Waals surface area contributed by atoms with Crippen molar-refractivity contribution >= 4 is 39.6 Å². The zero-order valence-electron chi connectivity index (χ0n) is 18.4. The second-order valence-corrected chi connectivity index (χ2v) is 8.33. The lowest BCUT2D eigenvalue weighted by Crippen LogP contribution is -2.46. The van der Waals surface area contributed by atoms with E-state index in [4.69, 9.17) is 11.0 Å². The highest BCUT2D eigenvalue weighted by Gasteiger charge is 2.34. The molecule has 3 N–H and O–H groups in total. The number of fused-ring (bicyclic) bond motifs is 3. The van der Waals surface area contributed by atoms with Gasteiger partial charge in [-0.05, 0) is 36.6 Å². The molecule has 1 fully saturated rings. The summed E-state index contributed by atoms with van der Waals surface area (Å²) in [5, 5.41) is 13.5. The quantitative estimate of drug-likeness (QED) is 0.477. The molecule has 9 nitrogen and oxygen atoms in total. The zero-order valence-corrected chi connectivity index (χ0v) is 18.4. The van der Waals surface area contributed by atoms with Crippen LogP contribution in [-0.2, 0) is 22.7 Å². The fraction of sp³-hybridized carbons (Fsp3) is 0.240. The van der Waals surface area contributed by atoms with E-state index in [1.807, 2.05) is 41.0 Å². The Bertz CT molecular complexity index is 1440. The highest BCUT2D eigenvalue weighted by molar-refractivity contribution is 6.11. The first-order valence-electron chi connectivity index (χ1n) is 11.1. The van der Waals surface area contributed by atoms with Gasteiger partial charge in [-0.25, -0.2) is 9.97 Å². The number of carbonyl (C=O) groups is 2. The second-order valence-electron chi connectivity index (χ2n) is 8.33. The summed E-state index contributed by atoms with van der Waals surface area (Å²) in [7, 11) is 0. The van der Waals surface area contributed by atoms with Gasteiger partial charge in [0.1, 0.15) is 30.4 Å². The highest BCUT2D eigenvalue weighted by atomic mass is 16.2. The lowest BCUT2D eigenvalue weighted by atomic mass is 10.1. The lowest BCUT2D eigenvalue weighted by Gasteiger charge is -2.24. The van der Waals surface area contributed by atoms with Crippen molar-refractivity contribution in [3.8, 4) is 6.07 Å². The molecule has 2 aromatic heterocycles. The van der Waals surface area contributed by atoms with Crippen molar-refractivity contribution in [1.82, 2.24) is 24.8 Å². The monoisotopic (exact) mass is 453 g/mol. The van der Waals surface area contributed by atoms with Crippen molar-refractivity contribution < 1.29 is 9.59 Å². The molecule has 2 aromatic carbocycles. The summed E-state index contributed by atoms with van der Waals surface area (Å²) < 4.78 is 1.84. The Morgan fingerprint density at radius 3 is 2.74 bits per heavy atom. The number of likely N-dealkylation sites (tertiary alicyclic amines) is 1. The zero-order chi connectivity index (χ0) is 23.7. The molecule has 0 saturated carbocycles. The molecule has 0 bridgehead atoms. The summed E-state index contributed by atoms with van der Waals surface area (Å²) in [5.74, 6) is 0.0495. The minimum Gasteiger partial charge on any atom is -0.383 e. The van der Waals surface area contributed by atoms with E-state index in [0.29, 0.717) is 36.5 Å². The molecule has 1 atom stereocenters. The summed E-state index contributed by atoms with van der Waals surface area (Å²) in [4.78, 5) is 36.4. The molecule has 1 aliphatic heterocycles. The molecule has 2 amide bonds. The third kappa shape index (κ3) is 3.79. The number of nitriles is 1. The van der Waals surface area contributed by atoms with Crippen molar-refractivity contribution in [3.05, 3.63) is 66.0 Å². The van der Waals surface area contributed by atoms with Gasteiger partial charge in [0.15, 0.2) is 0 Å². The SMILES string of the molecule is N#Cc1ccc(CNC(=O)[C@@H]2CCCN2C(=O)Cn2c3ccccc3c3c(N)ncnc32)cc1. The van der Waals surface area contributed by atoms with Gasteiger partial charge in [-0.2, -0.15) is 5.26 Å². The van der Waals surface area contributed by atoms with Crippen molar-refractivity contribution in [3.63, 3.8) is 0 Å². The predicted octanol–water partition coefficient (Wildman–Crippen LogP) is 2.35. The van der Waals surface area contributed by atoms with Crippen molar-refractivity contribution in [2.45, 2.75) is 32.0 Å². The number of nitrogens with zero attached hydrogens (tertiary/aromatic N) is 5. The van der Waals surface area contributed by atoms with E-state index in [1.165, 1.54) is 6.33 Å². The van der Waals surface area contributed by atoms with Crippen LogP contribution in [-0.4, -0.2) is 43.8 Å². The van der Waals surface area contributed by atoms with E-state index in [1.54, 1.807) is 17.0 Å². The minimum atomic E-state index is -0.515. The molecule has 0 aliphatic carbocycles. The summed E-state index contributed by atoms with van der Waals surface area (Å²) in [6.07, 6.45) is 2.78. The average molecular weight is 454 g/mol. The Morgan fingerprint density at radius 2 is 1.94 bits per heavy atom. The van der Waals surface area contributed by atoms with Crippen LogP contribution >= 0.6 is 0 Å². The standard InChI is InChI=1S/C25H23N7O2/c26-12-16-7-9-17(10-8-16)13-28-25(34)20-6-3-11-31(20)21(33)14-32-19-5-2-1-4-18(19)22-23(27)29-15-30-24(22)32/h1-2,4-5,7-10,15,20H,3,6,11,13-14H2,(H,28,34)(H2,27,29,30)/t20-/m0/s1. The molecule has 1 aliphatic rings. The Hall–Kier alpha value is -4.45. The molecular weight excluding hydrogens is 430 g/mol.